The highest BCUT2D eigenvalue weighted by Gasteiger charge is 2.35. The van der Waals surface area contributed by atoms with Crippen molar-refractivity contribution in [1.82, 2.24) is 5.32 Å². The fourth-order valence-corrected chi connectivity index (χ4v) is 3.52. The van der Waals surface area contributed by atoms with E-state index in [0.29, 0.717) is 17.5 Å². The van der Waals surface area contributed by atoms with Gasteiger partial charge in [-0.25, -0.2) is 0 Å². The Morgan fingerprint density at radius 1 is 1.32 bits per heavy atom. The van der Waals surface area contributed by atoms with E-state index in [0.717, 1.165) is 18.1 Å². The lowest BCUT2D eigenvalue weighted by Gasteiger charge is -2.42. The fourth-order valence-electron chi connectivity index (χ4n) is 3.52. The van der Waals surface area contributed by atoms with Crippen LogP contribution in [0.5, 0.6) is 0 Å². The van der Waals surface area contributed by atoms with Gasteiger partial charge in [0.1, 0.15) is 5.76 Å². The van der Waals surface area contributed by atoms with E-state index >= 15 is 0 Å². The third-order valence-corrected chi connectivity index (χ3v) is 4.59. The Morgan fingerprint density at radius 3 is 2.63 bits per heavy atom. The zero-order valence-corrected chi connectivity index (χ0v) is 12.9. The zero-order valence-electron chi connectivity index (χ0n) is 12.9. The molecule has 0 aromatic carbocycles. The second kappa shape index (κ2) is 6.13. The minimum Gasteiger partial charge on any atom is -0.468 e. The Bertz CT molecular complexity index is 363. The molecule has 0 aliphatic heterocycles. The van der Waals surface area contributed by atoms with Crippen molar-refractivity contribution in [2.45, 2.75) is 71.9 Å². The molecule has 0 spiro atoms. The molecule has 3 atom stereocenters. The Labute approximate surface area is 118 Å². The summed E-state index contributed by atoms with van der Waals surface area (Å²) in [5.74, 6) is 1.85. The van der Waals surface area contributed by atoms with E-state index in [1.54, 1.807) is 6.26 Å². The van der Waals surface area contributed by atoms with Crippen LogP contribution in [-0.4, -0.2) is 6.04 Å². The molecule has 1 N–H and O–H groups in total. The van der Waals surface area contributed by atoms with Gasteiger partial charge in [-0.3, -0.25) is 0 Å². The second-order valence-electron chi connectivity index (χ2n) is 7.01. The van der Waals surface area contributed by atoms with E-state index in [9.17, 15) is 0 Å². The standard InChI is InChI=1S/C17H29NO/c1-5-14(16-11-8-12-19-16)18-15-10-7-6-9-13(15)17(2,3)4/h8,11-15,18H,5-7,9-10H2,1-4H3. The lowest BCUT2D eigenvalue weighted by molar-refractivity contribution is 0.119. The molecule has 0 saturated heterocycles. The van der Waals surface area contributed by atoms with Crippen LogP contribution in [0, 0.1) is 11.3 Å². The average Bonchev–Trinajstić information content (AvgIpc) is 2.89. The number of nitrogens with one attached hydrogen (secondary N) is 1. The molecule has 2 rings (SSSR count). The van der Waals surface area contributed by atoms with Crippen LogP contribution in [0.15, 0.2) is 22.8 Å². The minimum atomic E-state index is 0.364. The Balaban J connectivity index is 2.06. The molecule has 1 fully saturated rings. The van der Waals surface area contributed by atoms with Gasteiger partial charge in [-0.1, -0.05) is 40.5 Å². The molecule has 2 heteroatoms. The summed E-state index contributed by atoms with van der Waals surface area (Å²) < 4.78 is 5.59. The van der Waals surface area contributed by atoms with Gasteiger partial charge in [-0.2, -0.15) is 0 Å². The van der Waals surface area contributed by atoms with Crippen molar-refractivity contribution in [2.24, 2.45) is 11.3 Å². The predicted octanol–water partition coefficient (Wildman–Crippen LogP) is 4.93. The maximum Gasteiger partial charge on any atom is 0.120 e. The molecule has 2 nitrogen and oxygen atoms in total. The Morgan fingerprint density at radius 2 is 2.05 bits per heavy atom. The molecule has 1 aliphatic rings. The highest BCUT2D eigenvalue weighted by molar-refractivity contribution is 5.05. The van der Waals surface area contributed by atoms with Crippen LogP contribution < -0.4 is 5.32 Å². The van der Waals surface area contributed by atoms with Gasteiger partial charge in [0.05, 0.1) is 12.3 Å². The first-order valence-corrected chi connectivity index (χ1v) is 7.82. The molecular weight excluding hydrogens is 234 g/mol. The molecule has 3 unspecified atom stereocenters. The van der Waals surface area contributed by atoms with Crippen molar-refractivity contribution in [3.63, 3.8) is 0 Å². The monoisotopic (exact) mass is 263 g/mol. The quantitative estimate of drug-likeness (QED) is 0.833. The second-order valence-corrected chi connectivity index (χ2v) is 7.01. The van der Waals surface area contributed by atoms with E-state index in [1.807, 2.05) is 6.07 Å². The van der Waals surface area contributed by atoms with Crippen molar-refractivity contribution in [1.29, 1.82) is 0 Å². The van der Waals surface area contributed by atoms with Crippen LogP contribution in [-0.2, 0) is 0 Å². The summed E-state index contributed by atoms with van der Waals surface area (Å²) in [5, 5.41) is 3.87. The SMILES string of the molecule is CCC(NC1CCCCC1C(C)(C)C)c1ccco1. The number of hydrogen-bond acceptors (Lipinski definition) is 2. The maximum atomic E-state index is 5.59. The third kappa shape index (κ3) is 3.62. The predicted molar refractivity (Wildman–Crippen MR) is 80.1 cm³/mol. The van der Waals surface area contributed by atoms with E-state index in [-0.39, 0.29) is 0 Å². The molecule has 0 radical (unpaired) electrons. The van der Waals surface area contributed by atoms with Gasteiger partial charge in [-0.05, 0) is 42.7 Å². The topological polar surface area (TPSA) is 25.2 Å². The normalized spacial score (nSPS) is 26.3. The molecule has 19 heavy (non-hydrogen) atoms. The molecule has 1 saturated carbocycles. The zero-order chi connectivity index (χ0) is 13.9. The van der Waals surface area contributed by atoms with Crippen LogP contribution in [0.1, 0.15) is 71.6 Å². The maximum absolute atomic E-state index is 5.59. The van der Waals surface area contributed by atoms with Crippen LogP contribution in [0.2, 0.25) is 0 Å². The van der Waals surface area contributed by atoms with Crippen LogP contribution in [0.3, 0.4) is 0 Å². The molecule has 1 aromatic rings. The summed E-state index contributed by atoms with van der Waals surface area (Å²) in [6.45, 7) is 9.37. The largest absolute Gasteiger partial charge is 0.468 e. The number of furan rings is 1. The van der Waals surface area contributed by atoms with Crippen molar-refractivity contribution >= 4 is 0 Å². The lowest BCUT2D eigenvalue weighted by Crippen LogP contribution is -2.45. The van der Waals surface area contributed by atoms with Gasteiger partial charge < -0.3 is 9.73 Å². The average molecular weight is 263 g/mol. The van der Waals surface area contributed by atoms with Crippen LogP contribution >= 0.6 is 0 Å². The van der Waals surface area contributed by atoms with Gasteiger partial charge in [0, 0.05) is 6.04 Å². The summed E-state index contributed by atoms with van der Waals surface area (Å²) in [4.78, 5) is 0. The summed E-state index contributed by atoms with van der Waals surface area (Å²) in [5.41, 5.74) is 0.388. The Kier molecular flexibility index (Phi) is 4.72. The summed E-state index contributed by atoms with van der Waals surface area (Å²) in [6.07, 6.45) is 8.27. The van der Waals surface area contributed by atoms with E-state index in [1.165, 1.54) is 25.7 Å². The first-order valence-electron chi connectivity index (χ1n) is 7.82. The molecule has 1 heterocycles. The van der Waals surface area contributed by atoms with Gasteiger partial charge in [0.25, 0.3) is 0 Å². The van der Waals surface area contributed by atoms with E-state index < -0.39 is 0 Å². The minimum absolute atomic E-state index is 0.364. The smallest absolute Gasteiger partial charge is 0.120 e. The van der Waals surface area contributed by atoms with Crippen molar-refractivity contribution < 1.29 is 4.42 Å². The molecule has 1 aliphatic carbocycles. The molecule has 1 aromatic heterocycles. The number of rotatable bonds is 4. The van der Waals surface area contributed by atoms with Gasteiger partial charge in [0.15, 0.2) is 0 Å². The van der Waals surface area contributed by atoms with Crippen LogP contribution in [0.25, 0.3) is 0 Å². The summed E-state index contributed by atoms with van der Waals surface area (Å²) in [6, 6.07) is 5.07. The number of hydrogen-bond donors (Lipinski definition) is 1. The van der Waals surface area contributed by atoms with E-state index in [4.69, 9.17) is 4.42 Å². The lowest BCUT2D eigenvalue weighted by atomic mass is 9.69. The molecule has 0 bridgehead atoms. The highest BCUT2D eigenvalue weighted by atomic mass is 16.3. The first-order chi connectivity index (χ1) is 9.02. The molecular formula is C17H29NO. The van der Waals surface area contributed by atoms with Crippen molar-refractivity contribution in [3.05, 3.63) is 24.2 Å². The van der Waals surface area contributed by atoms with Gasteiger partial charge >= 0.3 is 0 Å². The van der Waals surface area contributed by atoms with Crippen LogP contribution in [0.4, 0.5) is 0 Å². The summed E-state index contributed by atoms with van der Waals surface area (Å²) in [7, 11) is 0. The molecule has 0 amide bonds. The van der Waals surface area contributed by atoms with E-state index in [2.05, 4.69) is 39.1 Å². The highest BCUT2D eigenvalue weighted by Crippen LogP contribution is 2.39. The molecule has 108 valence electrons. The van der Waals surface area contributed by atoms with Gasteiger partial charge in [0.2, 0.25) is 0 Å². The van der Waals surface area contributed by atoms with Gasteiger partial charge in [-0.15, -0.1) is 0 Å². The fraction of sp³-hybridized carbons (Fsp3) is 0.765. The Hall–Kier alpha value is -0.760. The van der Waals surface area contributed by atoms with Crippen molar-refractivity contribution in [3.8, 4) is 0 Å². The van der Waals surface area contributed by atoms with Crippen molar-refractivity contribution in [2.75, 3.05) is 0 Å². The summed E-state index contributed by atoms with van der Waals surface area (Å²) >= 11 is 0. The first kappa shape index (κ1) is 14.6. The third-order valence-electron chi connectivity index (χ3n) is 4.59.